The van der Waals surface area contributed by atoms with Gasteiger partial charge < -0.3 is 10.1 Å². The number of carbonyl (C=O) groups is 1. The summed E-state index contributed by atoms with van der Waals surface area (Å²) in [6.07, 6.45) is 1.66. The number of methoxy groups -OCH3 is 1. The van der Waals surface area contributed by atoms with Crippen molar-refractivity contribution in [3.05, 3.63) is 57.1 Å². The van der Waals surface area contributed by atoms with Crippen LogP contribution in [0.3, 0.4) is 0 Å². The van der Waals surface area contributed by atoms with E-state index in [9.17, 15) is 13.2 Å². The molecule has 0 aliphatic rings. The third-order valence-corrected chi connectivity index (χ3v) is 7.37. The summed E-state index contributed by atoms with van der Waals surface area (Å²) in [6, 6.07) is 8.53. The smallest absolute Gasteiger partial charge is 0.232 e. The van der Waals surface area contributed by atoms with Gasteiger partial charge >= 0.3 is 0 Å². The molecule has 1 N–H and O–H groups in total. The zero-order chi connectivity index (χ0) is 24.9. The van der Waals surface area contributed by atoms with Crippen LogP contribution in [0.15, 0.2) is 30.3 Å². The molecule has 0 saturated heterocycles. The number of hydrogen-bond donors (Lipinski definition) is 1. The number of nitrogens with zero attached hydrogens (tertiary/aromatic N) is 1. The molecule has 0 bridgehead atoms. The topological polar surface area (TPSA) is 75.7 Å². The van der Waals surface area contributed by atoms with Crippen LogP contribution >= 0.6 is 23.2 Å². The van der Waals surface area contributed by atoms with Gasteiger partial charge in [-0.05, 0) is 73.2 Å². The van der Waals surface area contributed by atoms with Crippen LogP contribution in [-0.4, -0.2) is 34.2 Å². The molecule has 2 aromatic rings. The first-order valence-electron chi connectivity index (χ1n) is 10.8. The van der Waals surface area contributed by atoms with E-state index in [2.05, 4.69) is 25.2 Å². The number of nitrogens with one attached hydrogen (secondary N) is 1. The Labute approximate surface area is 207 Å². The summed E-state index contributed by atoms with van der Waals surface area (Å²) in [5.41, 5.74) is 3.56. The fourth-order valence-corrected chi connectivity index (χ4v) is 4.96. The largest absolute Gasteiger partial charge is 0.496 e. The zero-order valence-corrected chi connectivity index (χ0v) is 22.2. The first kappa shape index (κ1) is 27.3. The van der Waals surface area contributed by atoms with Gasteiger partial charge in [-0.3, -0.25) is 9.10 Å². The lowest BCUT2D eigenvalue weighted by Crippen LogP contribution is -2.32. The maximum Gasteiger partial charge on any atom is 0.232 e. The van der Waals surface area contributed by atoms with Gasteiger partial charge in [-0.15, -0.1) is 0 Å². The molecule has 0 aliphatic heterocycles. The van der Waals surface area contributed by atoms with Crippen molar-refractivity contribution in [1.82, 2.24) is 5.32 Å². The van der Waals surface area contributed by atoms with E-state index in [0.717, 1.165) is 28.7 Å². The average Bonchev–Trinajstić information content (AvgIpc) is 2.71. The van der Waals surface area contributed by atoms with Gasteiger partial charge in [0.15, 0.2) is 0 Å². The Morgan fingerprint density at radius 3 is 2.30 bits per heavy atom. The van der Waals surface area contributed by atoms with E-state index in [-0.39, 0.29) is 35.9 Å². The molecule has 1 atom stereocenters. The molecule has 182 valence electrons. The van der Waals surface area contributed by atoms with E-state index in [1.807, 2.05) is 19.9 Å². The summed E-state index contributed by atoms with van der Waals surface area (Å²) in [6.45, 7) is 8.28. The predicted molar refractivity (Wildman–Crippen MR) is 136 cm³/mol. The van der Waals surface area contributed by atoms with Crippen LogP contribution < -0.4 is 14.4 Å². The molecule has 1 amide bonds. The van der Waals surface area contributed by atoms with Gasteiger partial charge in [0.1, 0.15) is 5.75 Å². The Hall–Kier alpha value is -1.96. The molecule has 0 aliphatic carbocycles. The predicted octanol–water partition coefficient (Wildman–Crippen LogP) is 5.86. The summed E-state index contributed by atoms with van der Waals surface area (Å²) < 4.78 is 31.3. The van der Waals surface area contributed by atoms with E-state index >= 15 is 0 Å². The molecule has 0 unspecified atom stereocenters. The maximum absolute atomic E-state index is 12.6. The lowest BCUT2D eigenvalue weighted by molar-refractivity contribution is -0.121. The van der Waals surface area contributed by atoms with Crippen molar-refractivity contribution >= 4 is 44.8 Å². The minimum atomic E-state index is -3.55. The standard InChI is InChI=1S/C24H32Cl2N2O4S/c1-15(2)19-14-20(16(3)12-23(19)32-5)17(4)27-24(29)8-7-11-28(33(6,30)31)18-9-10-21(25)22(26)13-18/h9-10,12-15,17H,7-8,11H2,1-6H3,(H,27,29)/t17-/m1/s1. The molecule has 9 heteroatoms. The van der Waals surface area contributed by atoms with E-state index in [1.165, 1.54) is 10.4 Å². The molecule has 0 saturated carbocycles. The monoisotopic (exact) mass is 514 g/mol. The average molecular weight is 516 g/mol. The molecule has 0 radical (unpaired) electrons. The number of benzene rings is 2. The number of anilines is 1. The third-order valence-electron chi connectivity index (χ3n) is 5.44. The number of amides is 1. The molecule has 0 spiro atoms. The van der Waals surface area contributed by atoms with Crippen LogP contribution in [0.5, 0.6) is 5.75 Å². The van der Waals surface area contributed by atoms with E-state index in [1.54, 1.807) is 19.2 Å². The van der Waals surface area contributed by atoms with Crippen LogP contribution in [0.4, 0.5) is 5.69 Å². The second kappa shape index (κ2) is 11.4. The number of rotatable bonds is 10. The summed E-state index contributed by atoms with van der Waals surface area (Å²) in [5, 5.41) is 3.64. The molecule has 6 nitrogen and oxygen atoms in total. The van der Waals surface area contributed by atoms with Gasteiger partial charge in [0.2, 0.25) is 15.9 Å². The fraction of sp³-hybridized carbons (Fsp3) is 0.458. The summed E-state index contributed by atoms with van der Waals surface area (Å²) in [7, 11) is -1.89. The first-order valence-corrected chi connectivity index (χ1v) is 13.4. The molecular formula is C24H32Cl2N2O4S. The highest BCUT2D eigenvalue weighted by Gasteiger charge is 2.20. The van der Waals surface area contributed by atoms with Crippen LogP contribution in [-0.2, 0) is 14.8 Å². The van der Waals surface area contributed by atoms with Crippen molar-refractivity contribution in [3.63, 3.8) is 0 Å². The van der Waals surface area contributed by atoms with Gasteiger partial charge in [-0.2, -0.15) is 0 Å². The van der Waals surface area contributed by atoms with Crippen LogP contribution in [0.1, 0.15) is 62.3 Å². The molecule has 2 aromatic carbocycles. The highest BCUT2D eigenvalue weighted by atomic mass is 35.5. The summed E-state index contributed by atoms with van der Waals surface area (Å²) in [4.78, 5) is 12.6. The second-order valence-corrected chi connectivity index (χ2v) is 11.2. The number of aryl methyl sites for hydroxylation is 1. The van der Waals surface area contributed by atoms with Crippen LogP contribution in [0, 0.1) is 6.92 Å². The van der Waals surface area contributed by atoms with Gasteiger partial charge in [-0.1, -0.05) is 37.0 Å². The minimum Gasteiger partial charge on any atom is -0.496 e. The summed E-state index contributed by atoms with van der Waals surface area (Å²) >= 11 is 12.0. The van der Waals surface area contributed by atoms with Gasteiger partial charge in [-0.25, -0.2) is 8.42 Å². The van der Waals surface area contributed by atoms with Crippen LogP contribution in [0.25, 0.3) is 0 Å². The molecule has 0 fully saturated rings. The number of hydrogen-bond acceptors (Lipinski definition) is 4. The Balaban J connectivity index is 2.05. The van der Waals surface area contributed by atoms with Gasteiger partial charge in [0.25, 0.3) is 0 Å². The lowest BCUT2D eigenvalue weighted by atomic mass is 9.93. The third kappa shape index (κ3) is 7.26. The number of ether oxygens (including phenoxy) is 1. The number of halogens is 2. The highest BCUT2D eigenvalue weighted by molar-refractivity contribution is 7.92. The number of sulfonamides is 1. The van der Waals surface area contributed by atoms with Crippen molar-refractivity contribution in [3.8, 4) is 5.75 Å². The van der Waals surface area contributed by atoms with Crippen molar-refractivity contribution in [2.75, 3.05) is 24.2 Å². The zero-order valence-electron chi connectivity index (χ0n) is 19.9. The van der Waals surface area contributed by atoms with Crippen molar-refractivity contribution in [1.29, 1.82) is 0 Å². The normalized spacial score (nSPS) is 12.5. The molecule has 0 heterocycles. The Morgan fingerprint density at radius 1 is 1.09 bits per heavy atom. The molecule has 33 heavy (non-hydrogen) atoms. The fourth-order valence-electron chi connectivity index (χ4n) is 3.71. The highest BCUT2D eigenvalue weighted by Crippen LogP contribution is 2.32. The Morgan fingerprint density at radius 2 is 1.76 bits per heavy atom. The quantitative estimate of drug-likeness (QED) is 0.430. The lowest BCUT2D eigenvalue weighted by Gasteiger charge is -2.23. The van der Waals surface area contributed by atoms with Crippen molar-refractivity contribution in [2.24, 2.45) is 0 Å². The minimum absolute atomic E-state index is 0.147. The van der Waals surface area contributed by atoms with Gasteiger partial charge in [0.05, 0.1) is 35.1 Å². The second-order valence-electron chi connectivity index (χ2n) is 8.43. The SMILES string of the molecule is COc1cc(C)c([C@@H](C)NC(=O)CCCN(c2ccc(Cl)c(Cl)c2)S(C)(=O)=O)cc1C(C)C. The van der Waals surface area contributed by atoms with E-state index < -0.39 is 10.0 Å². The van der Waals surface area contributed by atoms with E-state index in [0.29, 0.717) is 17.1 Å². The Kier molecular flexibility index (Phi) is 9.47. The van der Waals surface area contributed by atoms with E-state index in [4.69, 9.17) is 27.9 Å². The Bertz CT molecular complexity index is 1100. The molecule has 2 rings (SSSR count). The van der Waals surface area contributed by atoms with Crippen LogP contribution in [0.2, 0.25) is 10.0 Å². The maximum atomic E-state index is 12.6. The van der Waals surface area contributed by atoms with Gasteiger partial charge in [0, 0.05) is 13.0 Å². The molecular weight excluding hydrogens is 483 g/mol. The molecule has 0 aromatic heterocycles. The summed E-state index contributed by atoms with van der Waals surface area (Å²) in [5.74, 6) is 0.977. The first-order chi connectivity index (χ1) is 15.3. The van der Waals surface area contributed by atoms with Crippen molar-refractivity contribution < 1.29 is 17.9 Å². The number of carbonyl (C=O) groups excluding carboxylic acids is 1. The van der Waals surface area contributed by atoms with Crippen molar-refractivity contribution in [2.45, 2.75) is 52.5 Å².